The van der Waals surface area contributed by atoms with E-state index >= 15 is 0 Å². The van der Waals surface area contributed by atoms with E-state index in [0.29, 0.717) is 0 Å². The molecule has 0 saturated carbocycles. The Hall–Kier alpha value is -3.45. The SMILES string of the molecule is CC(C)(C)c1cc(C(C)(C)C)c2ccc3c(-c4ccc(-c5ccccc5)cc4)[nH+]ccc3c2c1. The van der Waals surface area contributed by atoms with E-state index in [9.17, 15) is 0 Å². The van der Waals surface area contributed by atoms with Crippen LogP contribution in [0.5, 0.6) is 0 Å². The molecule has 0 radical (unpaired) electrons. The van der Waals surface area contributed by atoms with Gasteiger partial charge >= 0.3 is 0 Å². The number of pyridine rings is 1. The highest BCUT2D eigenvalue weighted by molar-refractivity contribution is 6.11. The molecule has 5 rings (SSSR count). The lowest BCUT2D eigenvalue weighted by Gasteiger charge is -2.27. The zero-order chi connectivity index (χ0) is 24.1. The molecule has 0 aliphatic carbocycles. The first-order valence-electron chi connectivity index (χ1n) is 12.2. The van der Waals surface area contributed by atoms with Gasteiger partial charge in [0.2, 0.25) is 5.69 Å². The fraction of sp³-hybridized carbons (Fsp3) is 0.242. The van der Waals surface area contributed by atoms with Crippen molar-refractivity contribution in [2.24, 2.45) is 0 Å². The number of benzene rings is 4. The van der Waals surface area contributed by atoms with Crippen LogP contribution < -0.4 is 4.98 Å². The number of rotatable bonds is 2. The minimum absolute atomic E-state index is 0.0736. The zero-order valence-corrected chi connectivity index (χ0v) is 21.2. The maximum absolute atomic E-state index is 3.54. The van der Waals surface area contributed by atoms with Crippen LogP contribution in [-0.2, 0) is 10.8 Å². The van der Waals surface area contributed by atoms with Crippen molar-refractivity contribution in [2.75, 3.05) is 0 Å². The van der Waals surface area contributed by atoms with Crippen LogP contribution in [0.4, 0.5) is 0 Å². The van der Waals surface area contributed by atoms with Crippen LogP contribution in [0.15, 0.2) is 91.1 Å². The van der Waals surface area contributed by atoms with E-state index in [-0.39, 0.29) is 10.8 Å². The van der Waals surface area contributed by atoms with Gasteiger partial charge in [-0.15, -0.1) is 0 Å². The van der Waals surface area contributed by atoms with Gasteiger partial charge in [-0.25, -0.2) is 4.98 Å². The van der Waals surface area contributed by atoms with Crippen LogP contribution in [0.25, 0.3) is 43.9 Å². The van der Waals surface area contributed by atoms with Crippen molar-refractivity contribution in [3.8, 4) is 22.4 Å². The van der Waals surface area contributed by atoms with Gasteiger partial charge in [0.25, 0.3) is 0 Å². The molecule has 5 aromatic rings. The van der Waals surface area contributed by atoms with Crippen molar-refractivity contribution in [3.05, 3.63) is 102 Å². The van der Waals surface area contributed by atoms with Gasteiger partial charge in [0, 0.05) is 17.0 Å². The highest BCUT2D eigenvalue weighted by atomic mass is 14.7. The molecule has 1 nitrogen and oxygen atoms in total. The first-order valence-corrected chi connectivity index (χ1v) is 12.2. The second-order valence-electron chi connectivity index (χ2n) is 11.4. The third-order valence-corrected chi connectivity index (χ3v) is 6.88. The van der Waals surface area contributed by atoms with Gasteiger partial charge in [-0.2, -0.15) is 0 Å². The Morgan fingerprint density at radius 2 is 1.12 bits per heavy atom. The largest absolute Gasteiger partial charge is 0.218 e. The molecule has 1 N–H and O–H groups in total. The van der Waals surface area contributed by atoms with E-state index in [0.717, 1.165) is 5.69 Å². The van der Waals surface area contributed by atoms with Crippen LogP contribution in [0.1, 0.15) is 52.7 Å². The summed E-state index contributed by atoms with van der Waals surface area (Å²) in [6, 6.07) is 31.1. The predicted octanol–water partition coefficient (Wildman–Crippen LogP) is 8.74. The summed E-state index contributed by atoms with van der Waals surface area (Å²) in [5.41, 5.74) is 7.81. The average molecular weight is 445 g/mol. The third-order valence-electron chi connectivity index (χ3n) is 6.88. The maximum Gasteiger partial charge on any atom is 0.218 e. The van der Waals surface area contributed by atoms with Gasteiger partial charge in [-0.1, -0.05) is 96.1 Å². The molecule has 0 atom stereocenters. The van der Waals surface area contributed by atoms with E-state index in [4.69, 9.17) is 0 Å². The second kappa shape index (κ2) is 8.09. The fourth-order valence-electron chi connectivity index (χ4n) is 4.89. The topological polar surface area (TPSA) is 14.1 Å². The molecule has 1 heterocycles. The van der Waals surface area contributed by atoms with Gasteiger partial charge in [-0.3, -0.25) is 0 Å². The van der Waals surface area contributed by atoms with Gasteiger partial charge < -0.3 is 0 Å². The van der Waals surface area contributed by atoms with Crippen LogP contribution in [0, 0.1) is 0 Å². The number of nitrogens with one attached hydrogen (secondary N) is 1. The van der Waals surface area contributed by atoms with Crippen molar-refractivity contribution in [1.29, 1.82) is 0 Å². The summed E-state index contributed by atoms with van der Waals surface area (Å²) in [5, 5.41) is 5.25. The van der Waals surface area contributed by atoms with Crippen molar-refractivity contribution < 1.29 is 4.98 Å². The van der Waals surface area contributed by atoms with Crippen molar-refractivity contribution in [2.45, 2.75) is 52.4 Å². The Labute approximate surface area is 203 Å². The van der Waals surface area contributed by atoms with Crippen molar-refractivity contribution in [1.82, 2.24) is 0 Å². The molecule has 0 saturated heterocycles. The van der Waals surface area contributed by atoms with E-state index in [1.807, 2.05) is 0 Å². The van der Waals surface area contributed by atoms with Crippen LogP contribution >= 0.6 is 0 Å². The lowest BCUT2D eigenvalue weighted by atomic mass is 9.77. The molecular weight excluding hydrogens is 410 g/mol. The zero-order valence-electron chi connectivity index (χ0n) is 21.2. The lowest BCUT2D eigenvalue weighted by molar-refractivity contribution is -0.362. The Balaban J connectivity index is 1.72. The number of H-pyrrole nitrogens is 1. The minimum atomic E-state index is 0.0736. The summed E-state index contributed by atoms with van der Waals surface area (Å²) in [6.45, 7) is 13.9. The molecule has 0 spiro atoms. The summed E-state index contributed by atoms with van der Waals surface area (Å²) >= 11 is 0. The molecule has 1 heteroatoms. The van der Waals surface area contributed by atoms with Gasteiger partial charge in [0.1, 0.15) is 0 Å². The van der Waals surface area contributed by atoms with E-state index in [1.165, 1.54) is 49.4 Å². The number of fused-ring (bicyclic) bond motifs is 3. The number of hydrogen-bond donors (Lipinski definition) is 0. The molecule has 0 fully saturated rings. The quantitative estimate of drug-likeness (QED) is 0.242. The summed E-state index contributed by atoms with van der Waals surface area (Å²) in [4.78, 5) is 3.54. The molecule has 0 aliphatic rings. The minimum Gasteiger partial charge on any atom is -0.211 e. The standard InChI is InChI=1S/C33H33N/c1-32(2,3)25-20-29-26-18-19-34-31(28(26)17-16-27(29)30(21-25)33(4,5)6)24-14-12-23(13-15-24)22-10-8-7-9-11-22/h7-21H,1-6H3/p+1. The fourth-order valence-corrected chi connectivity index (χ4v) is 4.89. The van der Waals surface area contributed by atoms with Gasteiger partial charge in [0.15, 0.2) is 6.20 Å². The average Bonchev–Trinajstić information content (AvgIpc) is 2.82. The van der Waals surface area contributed by atoms with Gasteiger partial charge in [0.05, 0.1) is 5.39 Å². The predicted molar refractivity (Wildman–Crippen MR) is 146 cm³/mol. The Kier molecular flexibility index (Phi) is 5.32. The number of aromatic nitrogens is 1. The normalized spacial score (nSPS) is 12.4. The first-order chi connectivity index (χ1) is 16.1. The van der Waals surface area contributed by atoms with Crippen LogP contribution in [-0.4, -0.2) is 0 Å². The van der Waals surface area contributed by atoms with Crippen LogP contribution in [0.3, 0.4) is 0 Å². The smallest absolute Gasteiger partial charge is 0.211 e. The molecular formula is C33H34N+. The molecule has 0 bridgehead atoms. The summed E-state index contributed by atoms with van der Waals surface area (Å²) < 4.78 is 0. The van der Waals surface area contributed by atoms with E-state index in [1.54, 1.807) is 0 Å². The maximum atomic E-state index is 3.54. The Bertz CT molecular complexity index is 1480. The summed E-state index contributed by atoms with van der Waals surface area (Å²) in [7, 11) is 0. The molecule has 170 valence electrons. The molecule has 4 aromatic carbocycles. The Morgan fingerprint density at radius 1 is 0.500 bits per heavy atom. The molecule has 0 aliphatic heterocycles. The van der Waals surface area contributed by atoms with Crippen molar-refractivity contribution in [3.63, 3.8) is 0 Å². The number of hydrogen-bond acceptors (Lipinski definition) is 0. The Morgan fingerprint density at radius 3 is 1.76 bits per heavy atom. The van der Waals surface area contributed by atoms with Gasteiger partial charge in [-0.05, 0) is 68.1 Å². The first kappa shape index (κ1) is 22.3. The molecule has 1 aromatic heterocycles. The van der Waals surface area contributed by atoms with E-state index in [2.05, 4.69) is 138 Å². The third kappa shape index (κ3) is 4.01. The van der Waals surface area contributed by atoms with Crippen molar-refractivity contribution >= 4 is 21.5 Å². The highest BCUT2D eigenvalue weighted by Gasteiger charge is 2.24. The summed E-state index contributed by atoms with van der Waals surface area (Å²) in [6.07, 6.45) is 2.09. The summed E-state index contributed by atoms with van der Waals surface area (Å²) in [5.74, 6) is 0. The second-order valence-corrected chi connectivity index (χ2v) is 11.4. The molecule has 34 heavy (non-hydrogen) atoms. The monoisotopic (exact) mass is 444 g/mol. The molecule has 0 amide bonds. The molecule has 0 unspecified atom stereocenters. The van der Waals surface area contributed by atoms with Crippen LogP contribution in [0.2, 0.25) is 0 Å². The lowest BCUT2D eigenvalue weighted by Crippen LogP contribution is -2.17. The number of aromatic amines is 1. The highest BCUT2D eigenvalue weighted by Crippen LogP contribution is 2.39. The van der Waals surface area contributed by atoms with E-state index < -0.39 is 0 Å².